The summed E-state index contributed by atoms with van der Waals surface area (Å²) in [6.07, 6.45) is 2.36. The van der Waals surface area contributed by atoms with Crippen LogP contribution in [0.3, 0.4) is 0 Å². The molecular weight excluding hydrogens is 198 g/mol. The molecule has 2 nitrogen and oxygen atoms in total. The first-order chi connectivity index (χ1) is 7.69. The van der Waals surface area contributed by atoms with Crippen LogP contribution in [0.1, 0.15) is 31.1 Å². The maximum Gasteiger partial charge on any atom is 0.0940 e. The van der Waals surface area contributed by atoms with Gasteiger partial charge in [0.1, 0.15) is 0 Å². The van der Waals surface area contributed by atoms with Crippen molar-refractivity contribution in [2.75, 3.05) is 6.54 Å². The maximum atomic E-state index is 10.1. The van der Waals surface area contributed by atoms with Crippen LogP contribution in [0.2, 0.25) is 0 Å². The predicted molar refractivity (Wildman–Crippen MR) is 68.4 cm³/mol. The molecule has 0 bridgehead atoms. The van der Waals surface area contributed by atoms with Crippen LogP contribution in [0.15, 0.2) is 36.9 Å². The van der Waals surface area contributed by atoms with Gasteiger partial charge in [-0.15, -0.1) is 6.58 Å². The third-order valence-corrected chi connectivity index (χ3v) is 2.79. The van der Waals surface area contributed by atoms with E-state index in [4.69, 9.17) is 0 Å². The largest absolute Gasteiger partial charge is 0.387 e. The van der Waals surface area contributed by atoms with Crippen molar-refractivity contribution in [1.29, 1.82) is 0 Å². The Balaban J connectivity index is 2.63. The molecule has 1 rings (SSSR count). The molecule has 0 aliphatic rings. The maximum absolute atomic E-state index is 10.1. The fourth-order valence-corrected chi connectivity index (χ4v) is 1.62. The Morgan fingerprint density at radius 3 is 2.50 bits per heavy atom. The molecule has 0 fully saturated rings. The van der Waals surface area contributed by atoms with Crippen molar-refractivity contribution in [3.63, 3.8) is 0 Å². The van der Waals surface area contributed by atoms with Crippen LogP contribution in [0.25, 0.3) is 0 Å². The van der Waals surface area contributed by atoms with Crippen LogP contribution in [-0.4, -0.2) is 17.7 Å². The number of hydrogen-bond donors (Lipinski definition) is 2. The lowest BCUT2D eigenvalue weighted by Crippen LogP contribution is -2.32. The van der Waals surface area contributed by atoms with E-state index in [1.807, 2.05) is 19.1 Å². The fourth-order valence-electron chi connectivity index (χ4n) is 1.62. The number of benzene rings is 1. The van der Waals surface area contributed by atoms with Crippen LogP contribution >= 0.6 is 0 Å². The number of aliphatic hydroxyl groups excluding tert-OH is 1. The van der Waals surface area contributed by atoms with Crippen molar-refractivity contribution >= 4 is 0 Å². The van der Waals surface area contributed by atoms with E-state index in [0.29, 0.717) is 6.54 Å². The Labute approximate surface area is 98.0 Å². The molecule has 2 unspecified atom stereocenters. The third kappa shape index (κ3) is 3.47. The van der Waals surface area contributed by atoms with Crippen molar-refractivity contribution in [1.82, 2.24) is 5.32 Å². The monoisotopic (exact) mass is 219 g/mol. The topological polar surface area (TPSA) is 32.3 Å². The molecule has 0 aromatic heterocycles. The molecule has 1 aromatic rings. The standard InChI is InChI=1S/C14H21NO/c1-4-10-15-11(3)14(16)13-8-6-12(5-2)7-9-13/h4,6-9,11,14-16H,1,5,10H2,2-3H3. The fraction of sp³-hybridized carbons (Fsp3) is 0.429. The zero-order valence-electron chi connectivity index (χ0n) is 10.1. The van der Waals surface area contributed by atoms with Gasteiger partial charge in [-0.05, 0) is 24.5 Å². The van der Waals surface area contributed by atoms with Crippen LogP contribution < -0.4 is 5.32 Å². The summed E-state index contributed by atoms with van der Waals surface area (Å²) in [4.78, 5) is 0. The van der Waals surface area contributed by atoms with Crippen LogP contribution in [0, 0.1) is 0 Å². The molecule has 0 spiro atoms. The summed E-state index contributed by atoms with van der Waals surface area (Å²) < 4.78 is 0. The molecule has 1 aromatic carbocycles. The van der Waals surface area contributed by atoms with E-state index < -0.39 is 6.10 Å². The van der Waals surface area contributed by atoms with Crippen molar-refractivity contribution in [2.45, 2.75) is 32.4 Å². The molecule has 2 atom stereocenters. The van der Waals surface area contributed by atoms with E-state index in [9.17, 15) is 5.11 Å². The first kappa shape index (κ1) is 12.9. The van der Waals surface area contributed by atoms with Gasteiger partial charge >= 0.3 is 0 Å². The Morgan fingerprint density at radius 2 is 2.00 bits per heavy atom. The molecule has 0 heterocycles. The predicted octanol–water partition coefficient (Wildman–Crippen LogP) is 2.45. The van der Waals surface area contributed by atoms with Crippen molar-refractivity contribution in [2.24, 2.45) is 0 Å². The summed E-state index contributed by atoms with van der Waals surface area (Å²) in [5.74, 6) is 0. The van der Waals surface area contributed by atoms with Gasteiger partial charge in [0.05, 0.1) is 6.10 Å². The van der Waals surface area contributed by atoms with Crippen LogP contribution in [0.5, 0.6) is 0 Å². The highest BCUT2D eigenvalue weighted by Gasteiger charge is 2.14. The Bertz CT molecular complexity index is 318. The molecule has 0 aliphatic carbocycles. The quantitative estimate of drug-likeness (QED) is 0.720. The molecule has 0 amide bonds. The lowest BCUT2D eigenvalue weighted by molar-refractivity contribution is 0.138. The molecule has 0 aliphatic heterocycles. The summed E-state index contributed by atoms with van der Waals surface area (Å²) in [5, 5.41) is 13.3. The molecule has 0 saturated carbocycles. The number of rotatable bonds is 6. The van der Waals surface area contributed by atoms with Crippen LogP contribution in [0.4, 0.5) is 0 Å². The minimum atomic E-state index is -0.467. The number of aliphatic hydroxyl groups is 1. The second kappa shape index (κ2) is 6.46. The van der Waals surface area contributed by atoms with E-state index in [2.05, 4.69) is 31.0 Å². The molecule has 2 heteroatoms. The highest BCUT2D eigenvalue weighted by atomic mass is 16.3. The third-order valence-electron chi connectivity index (χ3n) is 2.79. The van der Waals surface area contributed by atoms with Gasteiger partial charge in [0.2, 0.25) is 0 Å². The van der Waals surface area contributed by atoms with E-state index in [1.165, 1.54) is 5.56 Å². The van der Waals surface area contributed by atoms with Gasteiger partial charge in [-0.1, -0.05) is 37.3 Å². The summed E-state index contributed by atoms with van der Waals surface area (Å²) in [6, 6.07) is 8.16. The average Bonchev–Trinajstić information content (AvgIpc) is 2.35. The molecule has 0 radical (unpaired) electrons. The minimum Gasteiger partial charge on any atom is -0.387 e. The average molecular weight is 219 g/mol. The number of nitrogens with one attached hydrogen (secondary N) is 1. The van der Waals surface area contributed by atoms with Gasteiger partial charge < -0.3 is 10.4 Å². The summed E-state index contributed by atoms with van der Waals surface area (Å²) >= 11 is 0. The normalized spacial score (nSPS) is 14.4. The zero-order chi connectivity index (χ0) is 12.0. The first-order valence-electron chi connectivity index (χ1n) is 5.80. The van der Waals surface area contributed by atoms with E-state index in [-0.39, 0.29) is 6.04 Å². The van der Waals surface area contributed by atoms with Crippen molar-refractivity contribution in [3.8, 4) is 0 Å². The molecule has 0 saturated heterocycles. The summed E-state index contributed by atoms with van der Waals surface area (Å²) in [7, 11) is 0. The first-order valence-corrected chi connectivity index (χ1v) is 5.80. The van der Waals surface area contributed by atoms with Gasteiger partial charge in [0, 0.05) is 12.6 Å². The molecule has 88 valence electrons. The van der Waals surface area contributed by atoms with Crippen molar-refractivity contribution in [3.05, 3.63) is 48.0 Å². The Kier molecular flexibility index (Phi) is 5.23. The van der Waals surface area contributed by atoms with E-state index in [0.717, 1.165) is 12.0 Å². The highest BCUT2D eigenvalue weighted by molar-refractivity contribution is 5.24. The van der Waals surface area contributed by atoms with Gasteiger partial charge in [-0.2, -0.15) is 0 Å². The van der Waals surface area contributed by atoms with Gasteiger partial charge in [0.25, 0.3) is 0 Å². The lowest BCUT2D eigenvalue weighted by atomic mass is 10.0. The highest BCUT2D eigenvalue weighted by Crippen LogP contribution is 2.17. The molecular formula is C14H21NO. The Morgan fingerprint density at radius 1 is 1.38 bits per heavy atom. The van der Waals surface area contributed by atoms with Crippen molar-refractivity contribution < 1.29 is 5.11 Å². The Hall–Kier alpha value is -1.12. The number of aryl methyl sites for hydroxylation is 1. The summed E-state index contributed by atoms with van der Waals surface area (Å²) in [5.41, 5.74) is 2.25. The van der Waals surface area contributed by atoms with Gasteiger partial charge in [0.15, 0.2) is 0 Å². The van der Waals surface area contributed by atoms with Gasteiger partial charge in [-0.3, -0.25) is 0 Å². The SMILES string of the molecule is C=CCNC(C)C(O)c1ccc(CC)cc1. The lowest BCUT2D eigenvalue weighted by Gasteiger charge is -2.20. The smallest absolute Gasteiger partial charge is 0.0940 e. The van der Waals surface area contributed by atoms with Gasteiger partial charge in [-0.25, -0.2) is 0 Å². The molecule has 2 N–H and O–H groups in total. The van der Waals surface area contributed by atoms with E-state index in [1.54, 1.807) is 6.08 Å². The second-order valence-corrected chi connectivity index (χ2v) is 4.03. The van der Waals surface area contributed by atoms with Crippen LogP contribution in [-0.2, 0) is 6.42 Å². The second-order valence-electron chi connectivity index (χ2n) is 4.03. The molecule has 16 heavy (non-hydrogen) atoms. The number of hydrogen-bond acceptors (Lipinski definition) is 2. The minimum absolute atomic E-state index is 0.0328. The zero-order valence-corrected chi connectivity index (χ0v) is 10.1. The van der Waals surface area contributed by atoms with E-state index >= 15 is 0 Å². The summed E-state index contributed by atoms with van der Waals surface area (Å²) in [6.45, 7) is 8.46.